The summed E-state index contributed by atoms with van der Waals surface area (Å²) in [6.45, 7) is 0. The molecule has 0 heterocycles. The average molecular weight is 202 g/mol. The van der Waals surface area contributed by atoms with E-state index < -0.39 is 0 Å². The molecule has 0 bridgehead atoms. The van der Waals surface area contributed by atoms with E-state index in [0.29, 0.717) is 0 Å². The summed E-state index contributed by atoms with van der Waals surface area (Å²) < 4.78 is 0. The first-order valence-corrected chi connectivity index (χ1v) is 5.56. The molecular weight excluding hydrogens is 188 g/mol. The second kappa shape index (κ2) is 4.52. The van der Waals surface area contributed by atoms with Gasteiger partial charge in [-0.05, 0) is 36.8 Å². The van der Waals surface area contributed by atoms with Crippen LogP contribution in [0.2, 0.25) is 0 Å². The summed E-state index contributed by atoms with van der Waals surface area (Å²) in [4.78, 5) is 1.17. The van der Waals surface area contributed by atoms with Crippen LogP contribution in [0.5, 0.6) is 0 Å². The maximum Gasteiger partial charge on any atom is 0.0184 e. The van der Waals surface area contributed by atoms with Gasteiger partial charge in [0.25, 0.3) is 0 Å². The van der Waals surface area contributed by atoms with E-state index in [2.05, 4.69) is 30.3 Å². The largest absolute Gasteiger partial charge is 0.0846 e. The van der Waals surface area contributed by atoms with Gasteiger partial charge in [-0.15, -0.1) is 0 Å². The number of benzene rings is 1. The Labute approximate surface area is 90.6 Å². The molecule has 0 aliphatic heterocycles. The molecule has 0 aromatic heterocycles. The smallest absolute Gasteiger partial charge is 0.0184 e. The van der Waals surface area contributed by atoms with Crippen LogP contribution in [-0.2, 0) is 0 Å². The zero-order valence-corrected chi connectivity index (χ0v) is 9.02. The lowest BCUT2D eigenvalue weighted by molar-refractivity contribution is 0.742. The minimum Gasteiger partial charge on any atom is -0.0846 e. The fraction of sp³-hybridized carbons (Fsp3) is 0.308. The van der Waals surface area contributed by atoms with Gasteiger partial charge in [-0.25, -0.2) is 0 Å². The molecule has 0 nitrogen and oxygen atoms in total. The molecular formula is C13H14S. The van der Waals surface area contributed by atoms with Crippen molar-refractivity contribution in [3.63, 3.8) is 0 Å². The molecule has 1 aromatic rings. The Kier molecular flexibility index (Phi) is 3.10. The summed E-state index contributed by atoms with van der Waals surface area (Å²) in [6.07, 6.45) is 7.06. The summed E-state index contributed by atoms with van der Waals surface area (Å²) in [5.41, 5.74) is 2.64. The first-order valence-electron chi connectivity index (χ1n) is 5.15. The zero-order chi connectivity index (χ0) is 9.80. The molecule has 0 atom stereocenters. The van der Waals surface area contributed by atoms with E-state index in [-0.39, 0.29) is 0 Å². The van der Waals surface area contributed by atoms with Gasteiger partial charge in [-0.2, -0.15) is 0 Å². The molecule has 72 valence electrons. The maximum atomic E-state index is 5.36. The predicted molar refractivity (Wildman–Crippen MR) is 65.5 cm³/mol. The zero-order valence-electron chi connectivity index (χ0n) is 8.20. The quantitative estimate of drug-likeness (QED) is 0.489. The highest BCUT2D eigenvalue weighted by Crippen LogP contribution is 2.23. The lowest BCUT2D eigenvalue weighted by Gasteiger charge is -2.14. The predicted octanol–water partition coefficient (Wildman–Crippen LogP) is 4.01. The molecule has 2 rings (SSSR count). The topological polar surface area (TPSA) is 0 Å². The van der Waals surface area contributed by atoms with Crippen LogP contribution in [0.4, 0.5) is 0 Å². The minimum atomic E-state index is 1.11. The fourth-order valence-corrected chi connectivity index (χ4v) is 2.11. The van der Waals surface area contributed by atoms with Crippen molar-refractivity contribution in [1.29, 1.82) is 0 Å². The number of rotatable bonds is 1. The third kappa shape index (κ3) is 2.30. The van der Waals surface area contributed by atoms with E-state index in [1.165, 1.54) is 28.8 Å². The number of thiocarbonyl (C=S) groups is 1. The normalized spacial score (nSPS) is 20.0. The van der Waals surface area contributed by atoms with Gasteiger partial charge in [0.2, 0.25) is 0 Å². The van der Waals surface area contributed by atoms with Crippen molar-refractivity contribution in [2.75, 3.05) is 0 Å². The van der Waals surface area contributed by atoms with E-state index in [0.717, 1.165) is 12.8 Å². The molecule has 1 fully saturated rings. The van der Waals surface area contributed by atoms with Crippen molar-refractivity contribution < 1.29 is 0 Å². The van der Waals surface area contributed by atoms with Crippen LogP contribution in [0.15, 0.2) is 35.9 Å². The standard InChI is InChI=1S/C13H14S/c14-13-9-5-4-8-12(13)10-11-6-2-1-3-7-11/h1-3,6-7,10H,4-5,8-9H2. The van der Waals surface area contributed by atoms with Crippen LogP contribution in [0.25, 0.3) is 6.08 Å². The van der Waals surface area contributed by atoms with Crippen molar-refractivity contribution in [2.45, 2.75) is 25.7 Å². The molecule has 0 N–H and O–H groups in total. The number of allylic oxidation sites excluding steroid dienone is 1. The molecule has 0 unspecified atom stereocenters. The summed E-state index contributed by atoms with van der Waals surface area (Å²) in [5.74, 6) is 0. The Morgan fingerprint density at radius 1 is 1.00 bits per heavy atom. The Morgan fingerprint density at radius 2 is 1.71 bits per heavy atom. The molecule has 0 amide bonds. The second-order valence-electron chi connectivity index (χ2n) is 3.71. The minimum absolute atomic E-state index is 1.11. The molecule has 0 radical (unpaired) electrons. The molecule has 0 spiro atoms. The third-order valence-electron chi connectivity index (χ3n) is 2.60. The highest BCUT2D eigenvalue weighted by atomic mass is 32.1. The lowest BCUT2D eigenvalue weighted by Crippen LogP contribution is -2.05. The van der Waals surface area contributed by atoms with Gasteiger partial charge in [-0.1, -0.05) is 48.6 Å². The van der Waals surface area contributed by atoms with Gasteiger partial charge in [-0.3, -0.25) is 0 Å². The van der Waals surface area contributed by atoms with Crippen LogP contribution in [0.1, 0.15) is 31.2 Å². The van der Waals surface area contributed by atoms with Gasteiger partial charge >= 0.3 is 0 Å². The Morgan fingerprint density at radius 3 is 2.43 bits per heavy atom. The second-order valence-corrected chi connectivity index (χ2v) is 4.20. The average Bonchev–Trinajstić information content (AvgIpc) is 2.23. The summed E-state index contributed by atoms with van der Waals surface area (Å²) in [7, 11) is 0. The summed E-state index contributed by atoms with van der Waals surface area (Å²) in [5, 5.41) is 0. The molecule has 1 heteroatoms. The third-order valence-corrected chi connectivity index (χ3v) is 3.06. The number of hydrogen-bond acceptors (Lipinski definition) is 1. The van der Waals surface area contributed by atoms with Crippen molar-refractivity contribution in [1.82, 2.24) is 0 Å². The monoisotopic (exact) mass is 202 g/mol. The SMILES string of the molecule is S=C1CCCCC1=Cc1ccccc1. The van der Waals surface area contributed by atoms with Crippen LogP contribution in [0.3, 0.4) is 0 Å². The van der Waals surface area contributed by atoms with Crippen LogP contribution in [0, 0.1) is 0 Å². The van der Waals surface area contributed by atoms with E-state index in [1.807, 2.05) is 6.07 Å². The molecule has 1 aliphatic carbocycles. The Balaban J connectivity index is 2.21. The molecule has 0 saturated heterocycles. The summed E-state index contributed by atoms with van der Waals surface area (Å²) >= 11 is 5.36. The van der Waals surface area contributed by atoms with Crippen molar-refractivity contribution >= 4 is 23.2 Å². The van der Waals surface area contributed by atoms with Gasteiger partial charge in [0.1, 0.15) is 0 Å². The van der Waals surface area contributed by atoms with E-state index >= 15 is 0 Å². The molecule has 1 aliphatic rings. The van der Waals surface area contributed by atoms with Crippen LogP contribution < -0.4 is 0 Å². The molecule has 1 saturated carbocycles. The summed E-state index contributed by atoms with van der Waals surface area (Å²) in [6, 6.07) is 10.4. The van der Waals surface area contributed by atoms with Crippen molar-refractivity contribution in [3.8, 4) is 0 Å². The van der Waals surface area contributed by atoms with Gasteiger partial charge in [0.05, 0.1) is 0 Å². The van der Waals surface area contributed by atoms with E-state index in [9.17, 15) is 0 Å². The van der Waals surface area contributed by atoms with Crippen LogP contribution >= 0.6 is 12.2 Å². The first-order chi connectivity index (χ1) is 6.86. The first kappa shape index (κ1) is 9.60. The van der Waals surface area contributed by atoms with Crippen LogP contribution in [-0.4, -0.2) is 4.86 Å². The van der Waals surface area contributed by atoms with Crippen molar-refractivity contribution in [3.05, 3.63) is 41.5 Å². The highest BCUT2D eigenvalue weighted by molar-refractivity contribution is 7.80. The number of hydrogen-bond donors (Lipinski definition) is 0. The van der Waals surface area contributed by atoms with Gasteiger partial charge in [0, 0.05) is 4.86 Å². The van der Waals surface area contributed by atoms with Crippen molar-refractivity contribution in [2.24, 2.45) is 0 Å². The highest BCUT2D eigenvalue weighted by Gasteiger charge is 2.10. The lowest BCUT2D eigenvalue weighted by atomic mass is 9.93. The van der Waals surface area contributed by atoms with Gasteiger partial charge < -0.3 is 0 Å². The van der Waals surface area contributed by atoms with Gasteiger partial charge in [0.15, 0.2) is 0 Å². The Bertz CT molecular complexity index is 349. The maximum absolute atomic E-state index is 5.36. The van der Waals surface area contributed by atoms with E-state index in [4.69, 9.17) is 12.2 Å². The Hall–Kier alpha value is -0.950. The molecule has 14 heavy (non-hydrogen) atoms. The van der Waals surface area contributed by atoms with E-state index in [1.54, 1.807) is 0 Å². The molecule has 1 aromatic carbocycles. The fourth-order valence-electron chi connectivity index (χ4n) is 1.80.